The number of hydrogen-bond donors (Lipinski definition) is 0. The summed E-state index contributed by atoms with van der Waals surface area (Å²) in [5.74, 6) is 0. The fraction of sp³-hybridized carbons (Fsp3) is 0.462. The van der Waals surface area contributed by atoms with Gasteiger partial charge in [-0.05, 0) is 43.5 Å². The van der Waals surface area contributed by atoms with Crippen molar-refractivity contribution in [1.29, 1.82) is 0 Å². The van der Waals surface area contributed by atoms with Gasteiger partial charge in [-0.1, -0.05) is 25.1 Å². The van der Waals surface area contributed by atoms with E-state index in [1.165, 1.54) is 5.56 Å². The molecule has 0 N–H and O–H groups in total. The van der Waals surface area contributed by atoms with E-state index in [1.807, 2.05) is 23.1 Å². The van der Waals surface area contributed by atoms with Crippen LogP contribution in [0.2, 0.25) is 0 Å². The fourth-order valence-corrected chi connectivity index (χ4v) is 1.90. The number of para-hydroxylation sites is 1. The SMILES string of the molecule is CCc1ccccc1N(CC(=O)Cl)C(C)C. The maximum Gasteiger partial charge on any atom is 0.240 e. The van der Waals surface area contributed by atoms with Gasteiger partial charge in [-0.3, -0.25) is 4.79 Å². The lowest BCUT2D eigenvalue weighted by Crippen LogP contribution is -2.35. The zero-order valence-electron chi connectivity index (χ0n) is 10.0. The van der Waals surface area contributed by atoms with Crippen molar-refractivity contribution in [1.82, 2.24) is 0 Å². The van der Waals surface area contributed by atoms with Crippen LogP contribution in [-0.4, -0.2) is 17.8 Å². The summed E-state index contributed by atoms with van der Waals surface area (Å²) in [5.41, 5.74) is 2.35. The molecule has 1 aromatic carbocycles. The second-order valence-corrected chi connectivity index (χ2v) is 4.48. The lowest BCUT2D eigenvalue weighted by molar-refractivity contribution is -0.110. The Kier molecular flexibility index (Phi) is 4.81. The minimum absolute atomic E-state index is 0.260. The molecule has 0 heterocycles. The molecular formula is C13H18ClNO. The van der Waals surface area contributed by atoms with Crippen molar-refractivity contribution in [3.8, 4) is 0 Å². The van der Waals surface area contributed by atoms with E-state index in [-0.39, 0.29) is 17.8 Å². The smallest absolute Gasteiger partial charge is 0.240 e. The maximum absolute atomic E-state index is 11.1. The van der Waals surface area contributed by atoms with Gasteiger partial charge in [0.1, 0.15) is 0 Å². The van der Waals surface area contributed by atoms with E-state index >= 15 is 0 Å². The van der Waals surface area contributed by atoms with Crippen LogP contribution < -0.4 is 4.90 Å². The molecule has 0 saturated heterocycles. The van der Waals surface area contributed by atoms with Crippen LogP contribution in [0.1, 0.15) is 26.3 Å². The topological polar surface area (TPSA) is 20.3 Å². The minimum Gasteiger partial charge on any atom is -0.360 e. The lowest BCUT2D eigenvalue weighted by Gasteiger charge is -2.29. The first-order chi connectivity index (χ1) is 7.56. The molecule has 16 heavy (non-hydrogen) atoms. The Morgan fingerprint density at radius 2 is 2.00 bits per heavy atom. The van der Waals surface area contributed by atoms with E-state index < -0.39 is 0 Å². The Morgan fingerprint density at radius 1 is 1.38 bits per heavy atom. The average Bonchev–Trinajstić information content (AvgIpc) is 2.25. The monoisotopic (exact) mass is 239 g/mol. The molecule has 1 aromatic rings. The molecule has 0 spiro atoms. The Labute approximate surface area is 102 Å². The summed E-state index contributed by atoms with van der Waals surface area (Å²) in [5, 5.41) is -0.320. The molecule has 0 bridgehead atoms. The van der Waals surface area contributed by atoms with Gasteiger partial charge in [-0.25, -0.2) is 0 Å². The lowest BCUT2D eigenvalue weighted by atomic mass is 10.1. The molecule has 3 heteroatoms. The summed E-state index contributed by atoms with van der Waals surface area (Å²) in [6, 6.07) is 8.39. The molecule has 0 amide bonds. The second-order valence-electron chi connectivity index (χ2n) is 4.06. The highest BCUT2D eigenvalue weighted by molar-refractivity contribution is 6.64. The fourth-order valence-electron chi connectivity index (χ4n) is 1.77. The second kappa shape index (κ2) is 5.90. The molecule has 0 atom stereocenters. The zero-order valence-corrected chi connectivity index (χ0v) is 10.8. The normalized spacial score (nSPS) is 10.6. The van der Waals surface area contributed by atoms with Crippen LogP contribution in [0, 0.1) is 0 Å². The van der Waals surface area contributed by atoms with E-state index in [0.29, 0.717) is 0 Å². The molecule has 0 saturated carbocycles. The molecular weight excluding hydrogens is 222 g/mol. The summed E-state index contributed by atoms with van der Waals surface area (Å²) in [6.07, 6.45) is 0.954. The Bertz CT molecular complexity index is 363. The predicted octanol–water partition coefficient (Wildman–Crippen LogP) is 3.23. The van der Waals surface area contributed by atoms with Crippen LogP contribution in [-0.2, 0) is 11.2 Å². The van der Waals surface area contributed by atoms with Crippen molar-refractivity contribution in [2.75, 3.05) is 11.4 Å². The van der Waals surface area contributed by atoms with Gasteiger partial charge in [0.15, 0.2) is 0 Å². The number of anilines is 1. The third-order valence-corrected chi connectivity index (χ3v) is 2.72. The largest absolute Gasteiger partial charge is 0.360 e. The van der Waals surface area contributed by atoms with Gasteiger partial charge in [0.25, 0.3) is 0 Å². The van der Waals surface area contributed by atoms with Gasteiger partial charge in [-0.15, -0.1) is 0 Å². The third-order valence-electron chi connectivity index (χ3n) is 2.60. The van der Waals surface area contributed by atoms with Crippen LogP contribution in [0.4, 0.5) is 5.69 Å². The van der Waals surface area contributed by atoms with Gasteiger partial charge in [-0.2, -0.15) is 0 Å². The van der Waals surface area contributed by atoms with E-state index in [9.17, 15) is 4.79 Å². The molecule has 0 aliphatic rings. The van der Waals surface area contributed by atoms with Crippen LogP contribution in [0.15, 0.2) is 24.3 Å². The number of benzene rings is 1. The predicted molar refractivity (Wildman–Crippen MR) is 69.2 cm³/mol. The van der Waals surface area contributed by atoms with E-state index in [1.54, 1.807) is 0 Å². The minimum atomic E-state index is -0.320. The third kappa shape index (κ3) is 3.24. The Hall–Kier alpha value is -1.02. The van der Waals surface area contributed by atoms with Crippen molar-refractivity contribution >= 4 is 22.5 Å². The van der Waals surface area contributed by atoms with E-state index in [0.717, 1.165) is 12.1 Å². The van der Waals surface area contributed by atoms with Gasteiger partial charge >= 0.3 is 0 Å². The zero-order chi connectivity index (χ0) is 12.1. The van der Waals surface area contributed by atoms with Crippen molar-refractivity contribution in [3.05, 3.63) is 29.8 Å². The molecule has 1 rings (SSSR count). The number of hydrogen-bond acceptors (Lipinski definition) is 2. The molecule has 2 nitrogen and oxygen atoms in total. The number of nitrogens with zero attached hydrogens (tertiary/aromatic N) is 1. The van der Waals surface area contributed by atoms with Gasteiger partial charge in [0, 0.05) is 11.7 Å². The number of carbonyl (C=O) groups is 1. The highest BCUT2D eigenvalue weighted by atomic mass is 35.5. The van der Waals surface area contributed by atoms with Gasteiger partial charge in [0.05, 0.1) is 6.54 Å². The quantitative estimate of drug-likeness (QED) is 0.736. The summed E-state index contributed by atoms with van der Waals surface area (Å²) >= 11 is 5.48. The van der Waals surface area contributed by atoms with Gasteiger partial charge < -0.3 is 4.90 Å². The van der Waals surface area contributed by atoms with Crippen LogP contribution in [0.25, 0.3) is 0 Å². The summed E-state index contributed by atoms with van der Waals surface area (Å²) < 4.78 is 0. The van der Waals surface area contributed by atoms with E-state index in [4.69, 9.17) is 11.6 Å². The standard InChI is InChI=1S/C13H18ClNO/c1-4-11-7-5-6-8-12(11)15(10(2)3)9-13(14)16/h5-8,10H,4,9H2,1-3H3. The molecule has 0 unspecified atom stereocenters. The number of rotatable bonds is 5. The van der Waals surface area contributed by atoms with Crippen molar-refractivity contribution < 1.29 is 4.79 Å². The molecule has 88 valence electrons. The number of carbonyl (C=O) groups excluding carboxylic acids is 1. The molecule has 0 aromatic heterocycles. The maximum atomic E-state index is 11.1. The molecule has 0 radical (unpaired) electrons. The number of aryl methyl sites for hydroxylation is 1. The highest BCUT2D eigenvalue weighted by Gasteiger charge is 2.15. The van der Waals surface area contributed by atoms with Crippen LogP contribution in [0.5, 0.6) is 0 Å². The highest BCUT2D eigenvalue weighted by Crippen LogP contribution is 2.23. The first-order valence-corrected chi connectivity index (χ1v) is 5.97. The molecule has 0 fully saturated rings. The Balaban J connectivity index is 3.05. The summed E-state index contributed by atoms with van der Waals surface area (Å²) in [6.45, 7) is 6.49. The van der Waals surface area contributed by atoms with Crippen LogP contribution >= 0.6 is 11.6 Å². The van der Waals surface area contributed by atoms with E-state index in [2.05, 4.69) is 26.8 Å². The number of halogens is 1. The first kappa shape index (κ1) is 13.0. The Morgan fingerprint density at radius 3 is 2.50 bits per heavy atom. The molecule has 0 aliphatic heterocycles. The van der Waals surface area contributed by atoms with Crippen molar-refractivity contribution in [2.24, 2.45) is 0 Å². The van der Waals surface area contributed by atoms with Crippen molar-refractivity contribution in [3.63, 3.8) is 0 Å². The van der Waals surface area contributed by atoms with Crippen molar-refractivity contribution in [2.45, 2.75) is 33.2 Å². The van der Waals surface area contributed by atoms with Gasteiger partial charge in [0.2, 0.25) is 5.24 Å². The average molecular weight is 240 g/mol. The van der Waals surface area contributed by atoms with Crippen LogP contribution in [0.3, 0.4) is 0 Å². The first-order valence-electron chi connectivity index (χ1n) is 5.59. The summed E-state index contributed by atoms with van der Waals surface area (Å²) in [4.78, 5) is 13.1. The molecule has 0 aliphatic carbocycles. The summed E-state index contributed by atoms with van der Waals surface area (Å²) in [7, 11) is 0.